The largest absolute Gasteiger partial charge is 0.379 e. The highest BCUT2D eigenvalue weighted by molar-refractivity contribution is 7.89. The molecule has 0 saturated carbocycles. The van der Waals surface area contributed by atoms with Crippen LogP contribution in [0.2, 0.25) is 10.0 Å². The molecule has 1 saturated heterocycles. The second-order valence-electron chi connectivity index (χ2n) is 6.79. The first-order valence-corrected chi connectivity index (χ1v) is 11.6. The summed E-state index contributed by atoms with van der Waals surface area (Å²) in [5.41, 5.74) is 0.281. The van der Waals surface area contributed by atoms with Gasteiger partial charge < -0.3 is 10.2 Å². The van der Waals surface area contributed by atoms with Gasteiger partial charge >= 0.3 is 0 Å². The maximum atomic E-state index is 12.9. The molecule has 31 heavy (non-hydrogen) atoms. The van der Waals surface area contributed by atoms with E-state index in [2.05, 4.69) is 5.32 Å². The fraction of sp³-hybridized carbons (Fsp3) is 0.316. The zero-order chi connectivity index (χ0) is 22.6. The van der Waals surface area contributed by atoms with Crippen molar-refractivity contribution in [3.8, 4) is 0 Å². The number of para-hydroxylation sites is 2. The molecule has 1 fully saturated rings. The molecule has 9 nitrogen and oxygen atoms in total. The van der Waals surface area contributed by atoms with Crippen molar-refractivity contribution in [2.75, 3.05) is 38.0 Å². The maximum Gasteiger partial charge on any atom is 0.292 e. The molecule has 0 aromatic heterocycles. The fourth-order valence-corrected chi connectivity index (χ4v) is 5.40. The third-order valence-electron chi connectivity index (χ3n) is 4.88. The van der Waals surface area contributed by atoms with Crippen LogP contribution in [0.5, 0.6) is 0 Å². The van der Waals surface area contributed by atoms with E-state index in [0.717, 1.165) is 0 Å². The van der Waals surface area contributed by atoms with E-state index < -0.39 is 14.9 Å². The Kier molecular flexibility index (Phi) is 7.37. The zero-order valence-electron chi connectivity index (χ0n) is 16.3. The summed E-state index contributed by atoms with van der Waals surface area (Å²) in [5.74, 6) is -0.163. The Morgan fingerprint density at radius 3 is 2.42 bits per heavy atom. The van der Waals surface area contributed by atoms with Crippen LogP contribution in [0.25, 0.3) is 0 Å². The summed E-state index contributed by atoms with van der Waals surface area (Å²) in [4.78, 5) is 24.5. The Morgan fingerprint density at radius 1 is 1.06 bits per heavy atom. The monoisotopic (exact) mass is 486 g/mol. The molecule has 2 aromatic rings. The van der Waals surface area contributed by atoms with Gasteiger partial charge in [0.15, 0.2) is 0 Å². The van der Waals surface area contributed by atoms with E-state index in [1.165, 1.54) is 28.6 Å². The topological polar surface area (TPSA) is 113 Å². The van der Waals surface area contributed by atoms with Gasteiger partial charge in [-0.15, -0.1) is 0 Å². The number of carbonyl (C=O) groups is 1. The third-order valence-corrected chi connectivity index (χ3v) is 7.75. The van der Waals surface area contributed by atoms with Crippen LogP contribution < -0.4 is 5.32 Å². The first-order chi connectivity index (χ1) is 14.7. The van der Waals surface area contributed by atoms with Crippen LogP contribution >= 0.6 is 23.2 Å². The third kappa shape index (κ3) is 5.27. The molecule has 0 aliphatic carbocycles. The van der Waals surface area contributed by atoms with Crippen molar-refractivity contribution in [1.29, 1.82) is 0 Å². The summed E-state index contributed by atoms with van der Waals surface area (Å²) in [6.07, 6.45) is 0.124. The molecule has 2 aromatic carbocycles. The average molecular weight is 487 g/mol. The SMILES string of the molecule is O=C(CCNc1ccccc1[N+](=O)[O-])N1CCN(S(=O)(=O)c2cccc(Cl)c2Cl)CC1. The highest BCUT2D eigenvalue weighted by atomic mass is 35.5. The number of nitrogens with one attached hydrogen (secondary N) is 1. The quantitative estimate of drug-likeness (QED) is 0.474. The minimum absolute atomic E-state index is 0.0243. The smallest absolute Gasteiger partial charge is 0.292 e. The van der Waals surface area contributed by atoms with E-state index in [-0.39, 0.29) is 65.7 Å². The first kappa shape index (κ1) is 23.3. The summed E-state index contributed by atoms with van der Waals surface area (Å²) >= 11 is 12.0. The van der Waals surface area contributed by atoms with Crippen LogP contribution in [0.1, 0.15) is 6.42 Å². The van der Waals surface area contributed by atoms with Gasteiger partial charge in [0.1, 0.15) is 10.6 Å². The Balaban J connectivity index is 1.54. The van der Waals surface area contributed by atoms with Crippen molar-refractivity contribution >= 4 is 50.5 Å². The minimum atomic E-state index is -3.83. The summed E-state index contributed by atoms with van der Waals surface area (Å²) in [7, 11) is -3.83. The number of rotatable bonds is 7. The number of piperazine rings is 1. The Morgan fingerprint density at radius 2 is 1.74 bits per heavy atom. The number of hydrogen-bond donors (Lipinski definition) is 1. The molecule has 1 N–H and O–H groups in total. The zero-order valence-corrected chi connectivity index (χ0v) is 18.7. The number of amides is 1. The molecule has 3 rings (SSSR count). The van der Waals surface area contributed by atoms with Crippen LogP contribution in [0.3, 0.4) is 0 Å². The van der Waals surface area contributed by atoms with Crippen LogP contribution in [0, 0.1) is 10.1 Å². The van der Waals surface area contributed by atoms with Gasteiger partial charge in [-0.3, -0.25) is 14.9 Å². The number of sulfonamides is 1. The molecular weight excluding hydrogens is 467 g/mol. The first-order valence-electron chi connectivity index (χ1n) is 9.41. The predicted molar refractivity (Wildman–Crippen MR) is 118 cm³/mol. The van der Waals surface area contributed by atoms with Crippen LogP contribution in [0.15, 0.2) is 47.4 Å². The van der Waals surface area contributed by atoms with Gasteiger partial charge in [-0.1, -0.05) is 41.4 Å². The van der Waals surface area contributed by atoms with Crippen LogP contribution in [-0.2, 0) is 14.8 Å². The average Bonchev–Trinajstić information content (AvgIpc) is 2.75. The van der Waals surface area contributed by atoms with Crippen LogP contribution in [-0.4, -0.2) is 61.2 Å². The number of nitro groups is 1. The maximum absolute atomic E-state index is 12.9. The lowest BCUT2D eigenvalue weighted by Gasteiger charge is -2.34. The molecule has 0 atom stereocenters. The van der Waals surface area contributed by atoms with Gasteiger partial charge in [-0.05, 0) is 18.2 Å². The lowest BCUT2D eigenvalue weighted by Crippen LogP contribution is -2.50. The summed E-state index contributed by atoms with van der Waals surface area (Å²) < 4.78 is 27.0. The fourth-order valence-electron chi connectivity index (χ4n) is 3.24. The number of halogens is 2. The van der Waals surface area contributed by atoms with E-state index in [0.29, 0.717) is 5.69 Å². The van der Waals surface area contributed by atoms with Crippen molar-refractivity contribution in [2.24, 2.45) is 0 Å². The van der Waals surface area contributed by atoms with Gasteiger partial charge in [0.05, 0.1) is 15.0 Å². The normalized spacial score (nSPS) is 15.0. The number of hydrogen-bond acceptors (Lipinski definition) is 6. The Bertz CT molecular complexity index is 1090. The van der Waals surface area contributed by atoms with Crippen molar-refractivity contribution in [3.05, 3.63) is 62.6 Å². The predicted octanol–water partition coefficient (Wildman–Crippen LogP) is 3.24. The summed E-state index contributed by atoms with van der Waals surface area (Å²) in [6, 6.07) is 10.6. The molecule has 1 heterocycles. The molecule has 1 aliphatic heterocycles. The lowest BCUT2D eigenvalue weighted by atomic mass is 10.2. The molecule has 1 aliphatic rings. The highest BCUT2D eigenvalue weighted by Gasteiger charge is 2.31. The van der Waals surface area contributed by atoms with Crippen molar-refractivity contribution < 1.29 is 18.1 Å². The van der Waals surface area contributed by atoms with E-state index in [1.807, 2.05) is 0 Å². The molecular formula is C19H20Cl2N4O5S. The summed E-state index contributed by atoms with van der Waals surface area (Å²) in [6.45, 7) is 0.965. The van der Waals surface area contributed by atoms with Gasteiger partial charge in [0.25, 0.3) is 5.69 Å². The van der Waals surface area contributed by atoms with Crippen molar-refractivity contribution in [3.63, 3.8) is 0 Å². The van der Waals surface area contributed by atoms with E-state index >= 15 is 0 Å². The molecule has 1 amide bonds. The molecule has 12 heteroatoms. The summed E-state index contributed by atoms with van der Waals surface area (Å²) in [5, 5.41) is 14.1. The number of benzene rings is 2. The second kappa shape index (κ2) is 9.82. The van der Waals surface area contributed by atoms with Gasteiger partial charge in [0, 0.05) is 45.2 Å². The van der Waals surface area contributed by atoms with Gasteiger partial charge in [-0.2, -0.15) is 4.31 Å². The molecule has 166 valence electrons. The lowest BCUT2D eigenvalue weighted by molar-refractivity contribution is -0.384. The van der Waals surface area contributed by atoms with Gasteiger partial charge in [0.2, 0.25) is 15.9 Å². The number of nitrogens with zero attached hydrogens (tertiary/aromatic N) is 3. The van der Waals surface area contributed by atoms with E-state index in [9.17, 15) is 23.3 Å². The number of anilines is 1. The minimum Gasteiger partial charge on any atom is -0.379 e. The van der Waals surface area contributed by atoms with Crippen molar-refractivity contribution in [2.45, 2.75) is 11.3 Å². The van der Waals surface area contributed by atoms with E-state index in [1.54, 1.807) is 23.1 Å². The number of carbonyl (C=O) groups excluding carboxylic acids is 1. The molecule has 0 bridgehead atoms. The Labute approximate surface area is 189 Å². The second-order valence-corrected chi connectivity index (χ2v) is 9.48. The van der Waals surface area contributed by atoms with E-state index in [4.69, 9.17) is 23.2 Å². The molecule has 0 unspecified atom stereocenters. The van der Waals surface area contributed by atoms with Crippen LogP contribution in [0.4, 0.5) is 11.4 Å². The van der Waals surface area contributed by atoms with Crippen molar-refractivity contribution in [1.82, 2.24) is 9.21 Å². The highest BCUT2D eigenvalue weighted by Crippen LogP contribution is 2.31. The molecule has 0 radical (unpaired) electrons. The molecule has 0 spiro atoms. The number of nitro benzene ring substituents is 1. The van der Waals surface area contributed by atoms with Gasteiger partial charge in [-0.25, -0.2) is 8.42 Å². The standard InChI is InChI=1S/C19H20Cl2N4O5S/c20-14-4-3-7-17(19(14)21)31(29,30)24-12-10-23(11-13-24)18(26)8-9-22-15-5-1-2-6-16(15)25(27)28/h1-7,22H,8-13H2. The Hall–Kier alpha value is -2.40.